The third-order valence-electron chi connectivity index (χ3n) is 2.89. The molecule has 0 unspecified atom stereocenters. The third kappa shape index (κ3) is 3.08. The number of carboxylic acid groups (broad SMARTS) is 1. The van der Waals surface area contributed by atoms with Gasteiger partial charge in [0.05, 0.1) is 16.9 Å². The summed E-state index contributed by atoms with van der Waals surface area (Å²) in [7, 11) is 0. The summed E-state index contributed by atoms with van der Waals surface area (Å²) >= 11 is 1.68. The van der Waals surface area contributed by atoms with Crippen LogP contribution in [0.25, 0.3) is 0 Å². The van der Waals surface area contributed by atoms with Crippen LogP contribution in [-0.2, 0) is 13.0 Å². The summed E-state index contributed by atoms with van der Waals surface area (Å²) in [5.74, 6) is -2.12. The Kier molecular flexibility index (Phi) is 4.24. The van der Waals surface area contributed by atoms with Gasteiger partial charge < -0.3 is 16.2 Å². The number of carboxylic acids is 1. The smallest absolute Gasteiger partial charge is 0.338 e. The molecule has 0 fully saturated rings. The number of nitrogen functional groups attached to an aromatic ring is 1. The van der Waals surface area contributed by atoms with Gasteiger partial charge in [-0.25, -0.2) is 9.18 Å². The number of halogens is 1. The van der Waals surface area contributed by atoms with Gasteiger partial charge in [0.15, 0.2) is 0 Å². The van der Waals surface area contributed by atoms with E-state index in [1.54, 1.807) is 11.3 Å². The average molecular weight is 294 g/mol. The molecule has 0 aliphatic rings. The van der Waals surface area contributed by atoms with E-state index in [4.69, 9.17) is 10.8 Å². The molecule has 0 saturated carbocycles. The van der Waals surface area contributed by atoms with Crippen molar-refractivity contribution in [2.45, 2.75) is 19.9 Å². The molecule has 20 heavy (non-hydrogen) atoms. The number of thiophene rings is 1. The highest BCUT2D eigenvalue weighted by molar-refractivity contribution is 7.12. The predicted molar refractivity (Wildman–Crippen MR) is 78.8 cm³/mol. The van der Waals surface area contributed by atoms with Crippen molar-refractivity contribution in [1.29, 1.82) is 0 Å². The molecule has 4 nitrogen and oxygen atoms in total. The Labute approximate surface area is 120 Å². The van der Waals surface area contributed by atoms with Crippen molar-refractivity contribution in [2.24, 2.45) is 0 Å². The Morgan fingerprint density at radius 1 is 1.40 bits per heavy atom. The number of rotatable bonds is 5. The van der Waals surface area contributed by atoms with Crippen LogP contribution < -0.4 is 11.1 Å². The Morgan fingerprint density at radius 3 is 2.70 bits per heavy atom. The monoisotopic (exact) mass is 294 g/mol. The number of hydrogen-bond donors (Lipinski definition) is 3. The fourth-order valence-electron chi connectivity index (χ4n) is 1.80. The molecule has 106 valence electrons. The van der Waals surface area contributed by atoms with Gasteiger partial charge in [-0.1, -0.05) is 6.92 Å². The van der Waals surface area contributed by atoms with E-state index < -0.39 is 17.3 Å². The molecule has 0 atom stereocenters. The van der Waals surface area contributed by atoms with Crippen molar-refractivity contribution in [2.75, 3.05) is 11.1 Å². The number of benzene rings is 1. The quantitative estimate of drug-likeness (QED) is 0.739. The first-order chi connectivity index (χ1) is 9.51. The SMILES string of the molecule is CCc1ccc(CNc2cc(F)c(C(=O)O)cc2N)s1. The first-order valence-electron chi connectivity index (χ1n) is 6.15. The molecule has 2 rings (SSSR count). The number of anilines is 2. The van der Waals surface area contributed by atoms with Crippen LogP contribution in [-0.4, -0.2) is 11.1 Å². The van der Waals surface area contributed by atoms with Crippen LogP contribution in [0, 0.1) is 5.82 Å². The van der Waals surface area contributed by atoms with E-state index in [-0.39, 0.29) is 5.69 Å². The summed E-state index contributed by atoms with van der Waals surface area (Å²) < 4.78 is 13.6. The van der Waals surface area contributed by atoms with Gasteiger partial charge in [-0.05, 0) is 30.7 Å². The highest BCUT2D eigenvalue weighted by atomic mass is 32.1. The van der Waals surface area contributed by atoms with Crippen LogP contribution in [0.5, 0.6) is 0 Å². The van der Waals surface area contributed by atoms with Gasteiger partial charge in [0, 0.05) is 16.3 Å². The molecule has 4 N–H and O–H groups in total. The molecule has 0 bridgehead atoms. The molecule has 1 heterocycles. The maximum atomic E-state index is 13.6. The minimum absolute atomic E-state index is 0.219. The van der Waals surface area contributed by atoms with E-state index in [0.29, 0.717) is 12.2 Å². The lowest BCUT2D eigenvalue weighted by Crippen LogP contribution is -2.06. The van der Waals surface area contributed by atoms with Crippen molar-refractivity contribution in [3.63, 3.8) is 0 Å². The van der Waals surface area contributed by atoms with E-state index >= 15 is 0 Å². The largest absolute Gasteiger partial charge is 0.478 e. The fourth-order valence-corrected chi connectivity index (χ4v) is 2.69. The summed E-state index contributed by atoms with van der Waals surface area (Å²) in [4.78, 5) is 13.2. The average Bonchev–Trinajstić information content (AvgIpc) is 2.87. The van der Waals surface area contributed by atoms with E-state index in [2.05, 4.69) is 18.3 Å². The number of aryl methyl sites for hydroxylation is 1. The van der Waals surface area contributed by atoms with Crippen molar-refractivity contribution in [3.05, 3.63) is 45.4 Å². The summed E-state index contributed by atoms with van der Waals surface area (Å²) in [5, 5.41) is 11.8. The predicted octanol–water partition coefficient (Wildman–Crippen LogP) is 3.34. The van der Waals surface area contributed by atoms with Crippen LogP contribution in [0.3, 0.4) is 0 Å². The second-order valence-electron chi connectivity index (χ2n) is 4.30. The normalized spacial score (nSPS) is 10.5. The molecule has 1 aromatic carbocycles. The first kappa shape index (κ1) is 14.3. The van der Waals surface area contributed by atoms with Crippen molar-refractivity contribution < 1.29 is 14.3 Å². The van der Waals surface area contributed by atoms with E-state index in [9.17, 15) is 9.18 Å². The topological polar surface area (TPSA) is 75.3 Å². The highest BCUT2D eigenvalue weighted by Gasteiger charge is 2.13. The summed E-state index contributed by atoms with van der Waals surface area (Å²) in [6.45, 7) is 2.61. The van der Waals surface area contributed by atoms with Crippen molar-refractivity contribution in [1.82, 2.24) is 0 Å². The van der Waals surface area contributed by atoms with Crippen LogP contribution in [0.1, 0.15) is 27.0 Å². The molecule has 0 aliphatic carbocycles. The first-order valence-corrected chi connectivity index (χ1v) is 6.96. The highest BCUT2D eigenvalue weighted by Crippen LogP contribution is 2.25. The Morgan fingerprint density at radius 2 is 2.10 bits per heavy atom. The van der Waals surface area contributed by atoms with Crippen LogP contribution >= 0.6 is 11.3 Å². The number of nitrogens with two attached hydrogens (primary N) is 1. The summed E-state index contributed by atoms with van der Waals surface area (Å²) in [6, 6.07) is 6.31. The van der Waals surface area contributed by atoms with Crippen molar-refractivity contribution >= 4 is 28.7 Å². The van der Waals surface area contributed by atoms with E-state index in [0.717, 1.165) is 23.4 Å². The fraction of sp³-hybridized carbons (Fsp3) is 0.214. The second kappa shape index (κ2) is 5.92. The Hall–Kier alpha value is -2.08. The number of aromatic carboxylic acids is 1. The molecule has 6 heteroatoms. The maximum Gasteiger partial charge on any atom is 0.338 e. The van der Waals surface area contributed by atoms with Gasteiger partial charge in [0.1, 0.15) is 5.82 Å². The second-order valence-corrected chi connectivity index (χ2v) is 5.55. The standard InChI is InChI=1S/C14H15FN2O2S/c1-2-8-3-4-9(20-8)7-17-13-6-11(15)10(14(18)19)5-12(13)16/h3-6,17H,2,7,16H2,1H3,(H,18,19). The zero-order valence-corrected chi connectivity index (χ0v) is 11.8. The maximum absolute atomic E-state index is 13.6. The zero-order valence-electron chi connectivity index (χ0n) is 10.9. The third-order valence-corrected chi connectivity index (χ3v) is 4.12. The molecule has 1 aromatic heterocycles. The number of nitrogens with one attached hydrogen (secondary N) is 1. The van der Waals surface area contributed by atoms with Crippen LogP contribution in [0.4, 0.5) is 15.8 Å². The lowest BCUT2D eigenvalue weighted by atomic mass is 10.1. The van der Waals surface area contributed by atoms with Crippen LogP contribution in [0.2, 0.25) is 0 Å². The van der Waals surface area contributed by atoms with Gasteiger partial charge in [0.25, 0.3) is 0 Å². The van der Waals surface area contributed by atoms with Gasteiger partial charge in [-0.15, -0.1) is 11.3 Å². The van der Waals surface area contributed by atoms with Crippen molar-refractivity contribution in [3.8, 4) is 0 Å². The molecule has 0 aliphatic heterocycles. The Bertz CT molecular complexity index is 640. The summed E-state index contributed by atoms with van der Waals surface area (Å²) in [6.07, 6.45) is 0.981. The number of carbonyl (C=O) groups is 1. The molecule has 2 aromatic rings. The molecular formula is C14H15FN2O2S. The molecule has 0 saturated heterocycles. The van der Waals surface area contributed by atoms with Gasteiger partial charge in [-0.2, -0.15) is 0 Å². The number of hydrogen-bond acceptors (Lipinski definition) is 4. The van der Waals surface area contributed by atoms with Crippen LogP contribution in [0.15, 0.2) is 24.3 Å². The molecule has 0 spiro atoms. The lowest BCUT2D eigenvalue weighted by molar-refractivity contribution is 0.0692. The van der Waals surface area contributed by atoms with Gasteiger partial charge in [0.2, 0.25) is 0 Å². The van der Waals surface area contributed by atoms with E-state index in [1.165, 1.54) is 4.88 Å². The molecule has 0 amide bonds. The van der Waals surface area contributed by atoms with Gasteiger partial charge in [-0.3, -0.25) is 0 Å². The zero-order chi connectivity index (χ0) is 14.7. The Balaban J connectivity index is 2.13. The van der Waals surface area contributed by atoms with Gasteiger partial charge >= 0.3 is 5.97 Å². The summed E-state index contributed by atoms with van der Waals surface area (Å²) in [5.41, 5.74) is 5.94. The van der Waals surface area contributed by atoms with E-state index in [1.807, 2.05) is 6.07 Å². The lowest BCUT2D eigenvalue weighted by Gasteiger charge is -2.10. The minimum atomic E-state index is -1.33. The molecule has 0 radical (unpaired) electrons. The molecular weight excluding hydrogens is 279 g/mol. The minimum Gasteiger partial charge on any atom is -0.478 e.